The average molecular weight is 177 g/mol. The lowest BCUT2D eigenvalue weighted by molar-refractivity contribution is 0.782. The molecular formula is C10H15N3. The van der Waals surface area contributed by atoms with E-state index in [0.717, 1.165) is 29.9 Å². The fourth-order valence-corrected chi connectivity index (χ4v) is 1.49. The van der Waals surface area contributed by atoms with Crippen LogP contribution in [-0.4, -0.2) is 16.5 Å². The highest BCUT2D eigenvalue weighted by atomic mass is 15.0. The van der Waals surface area contributed by atoms with Gasteiger partial charge in [-0.25, -0.2) is 4.98 Å². The van der Waals surface area contributed by atoms with Gasteiger partial charge in [0.2, 0.25) is 0 Å². The third kappa shape index (κ3) is 1.97. The van der Waals surface area contributed by atoms with Crippen molar-refractivity contribution in [1.82, 2.24) is 9.97 Å². The molecule has 13 heavy (non-hydrogen) atoms. The normalized spacial score (nSPS) is 25.7. The van der Waals surface area contributed by atoms with Crippen LogP contribution in [0.5, 0.6) is 0 Å². The molecule has 0 radical (unpaired) electrons. The van der Waals surface area contributed by atoms with E-state index in [-0.39, 0.29) is 0 Å². The zero-order valence-electron chi connectivity index (χ0n) is 8.12. The van der Waals surface area contributed by atoms with E-state index in [2.05, 4.69) is 22.2 Å². The van der Waals surface area contributed by atoms with Crippen molar-refractivity contribution in [2.24, 2.45) is 11.8 Å². The summed E-state index contributed by atoms with van der Waals surface area (Å²) in [6.07, 6.45) is 4.80. The van der Waals surface area contributed by atoms with Crippen LogP contribution in [0.4, 0.5) is 5.82 Å². The highest BCUT2D eigenvalue weighted by Crippen LogP contribution is 2.37. The van der Waals surface area contributed by atoms with Crippen LogP contribution in [0.3, 0.4) is 0 Å². The number of nitrogens with zero attached hydrogens (tertiary/aromatic N) is 2. The van der Waals surface area contributed by atoms with Crippen molar-refractivity contribution in [2.45, 2.75) is 20.3 Å². The summed E-state index contributed by atoms with van der Waals surface area (Å²) in [5, 5.41) is 3.33. The summed E-state index contributed by atoms with van der Waals surface area (Å²) >= 11 is 0. The minimum Gasteiger partial charge on any atom is -0.368 e. The van der Waals surface area contributed by atoms with Crippen molar-refractivity contribution in [2.75, 3.05) is 11.9 Å². The molecule has 2 unspecified atom stereocenters. The molecule has 1 aliphatic carbocycles. The number of hydrogen-bond donors (Lipinski definition) is 1. The summed E-state index contributed by atoms with van der Waals surface area (Å²) < 4.78 is 0. The number of rotatable bonds is 3. The SMILES string of the molecule is Cc1nccnc1NCC1CC1C. The second-order valence-electron chi connectivity index (χ2n) is 3.84. The van der Waals surface area contributed by atoms with Gasteiger partial charge < -0.3 is 5.32 Å². The van der Waals surface area contributed by atoms with E-state index in [4.69, 9.17) is 0 Å². The van der Waals surface area contributed by atoms with Gasteiger partial charge in [0.05, 0.1) is 5.69 Å². The third-order valence-corrected chi connectivity index (χ3v) is 2.69. The van der Waals surface area contributed by atoms with Crippen molar-refractivity contribution < 1.29 is 0 Å². The van der Waals surface area contributed by atoms with Crippen LogP contribution >= 0.6 is 0 Å². The van der Waals surface area contributed by atoms with Gasteiger partial charge in [0, 0.05) is 18.9 Å². The fraction of sp³-hybridized carbons (Fsp3) is 0.600. The van der Waals surface area contributed by atoms with E-state index >= 15 is 0 Å². The van der Waals surface area contributed by atoms with Gasteiger partial charge in [-0.3, -0.25) is 4.98 Å². The highest BCUT2D eigenvalue weighted by molar-refractivity contribution is 5.38. The van der Waals surface area contributed by atoms with Crippen molar-refractivity contribution in [3.63, 3.8) is 0 Å². The van der Waals surface area contributed by atoms with Crippen LogP contribution < -0.4 is 5.32 Å². The zero-order valence-corrected chi connectivity index (χ0v) is 8.12. The van der Waals surface area contributed by atoms with Gasteiger partial charge in [-0.15, -0.1) is 0 Å². The first-order valence-electron chi connectivity index (χ1n) is 4.79. The minimum absolute atomic E-state index is 0.849. The molecule has 0 bridgehead atoms. The van der Waals surface area contributed by atoms with Crippen LogP contribution in [0.1, 0.15) is 19.0 Å². The Morgan fingerprint density at radius 2 is 2.15 bits per heavy atom. The van der Waals surface area contributed by atoms with Crippen LogP contribution in [0.15, 0.2) is 12.4 Å². The molecule has 3 heteroatoms. The summed E-state index contributed by atoms with van der Waals surface area (Å²) in [7, 11) is 0. The summed E-state index contributed by atoms with van der Waals surface area (Å²) in [5.41, 5.74) is 0.982. The Labute approximate surface area is 78.6 Å². The predicted octanol–water partition coefficient (Wildman–Crippen LogP) is 1.85. The van der Waals surface area contributed by atoms with Gasteiger partial charge in [0.15, 0.2) is 0 Å². The third-order valence-electron chi connectivity index (χ3n) is 2.69. The van der Waals surface area contributed by atoms with Crippen LogP contribution in [0.25, 0.3) is 0 Å². The Morgan fingerprint density at radius 1 is 1.46 bits per heavy atom. The molecule has 1 aromatic rings. The quantitative estimate of drug-likeness (QED) is 0.765. The molecule has 0 amide bonds. The van der Waals surface area contributed by atoms with E-state index in [1.165, 1.54) is 6.42 Å². The molecule has 0 spiro atoms. The van der Waals surface area contributed by atoms with E-state index in [9.17, 15) is 0 Å². The van der Waals surface area contributed by atoms with Crippen molar-refractivity contribution in [3.8, 4) is 0 Å². The van der Waals surface area contributed by atoms with E-state index in [1.807, 2.05) is 6.92 Å². The number of anilines is 1. The first-order valence-corrected chi connectivity index (χ1v) is 4.79. The lowest BCUT2D eigenvalue weighted by Crippen LogP contribution is -2.07. The van der Waals surface area contributed by atoms with Crippen molar-refractivity contribution in [3.05, 3.63) is 18.1 Å². The maximum Gasteiger partial charge on any atom is 0.147 e. The molecule has 1 saturated carbocycles. The molecule has 1 fully saturated rings. The van der Waals surface area contributed by atoms with Crippen LogP contribution in [0.2, 0.25) is 0 Å². The summed E-state index contributed by atoms with van der Waals surface area (Å²) in [5.74, 6) is 2.67. The topological polar surface area (TPSA) is 37.8 Å². The molecule has 3 nitrogen and oxygen atoms in total. The standard InChI is InChI=1S/C10H15N3/c1-7-5-9(7)6-13-10-8(2)11-3-4-12-10/h3-4,7,9H,5-6H2,1-2H3,(H,12,13). The number of nitrogens with one attached hydrogen (secondary N) is 1. The van der Waals surface area contributed by atoms with Crippen LogP contribution in [-0.2, 0) is 0 Å². The first kappa shape index (κ1) is 8.48. The Balaban J connectivity index is 1.90. The van der Waals surface area contributed by atoms with E-state index < -0.39 is 0 Å². The molecule has 0 aliphatic heterocycles. The molecule has 2 atom stereocenters. The number of hydrogen-bond acceptors (Lipinski definition) is 3. The van der Waals surface area contributed by atoms with E-state index in [0.29, 0.717) is 0 Å². The summed E-state index contributed by atoms with van der Waals surface area (Å²) in [4.78, 5) is 8.40. The largest absolute Gasteiger partial charge is 0.368 e. The maximum atomic E-state index is 4.23. The summed E-state index contributed by atoms with van der Waals surface area (Å²) in [6.45, 7) is 5.31. The van der Waals surface area contributed by atoms with Crippen molar-refractivity contribution in [1.29, 1.82) is 0 Å². The fourth-order valence-electron chi connectivity index (χ4n) is 1.49. The molecule has 0 aromatic carbocycles. The Hall–Kier alpha value is -1.12. The van der Waals surface area contributed by atoms with E-state index in [1.54, 1.807) is 12.4 Å². The average Bonchev–Trinajstić information content (AvgIpc) is 2.81. The second-order valence-corrected chi connectivity index (χ2v) is 3.84. The van der Waals surface area contributed by atoms with Gasteiger partial charge in [0.25, 0.3) is 0 Å². The molecule has 1 aromatic heterocycles. The molecule has 70 valence electrons. The molecular weight excluding hydrogens is 162 g/mol. The monoisotopic (exact) mass is 177 g/mol. The molecule has 1 aliphatic rings. The molecule has 0 saturated heterocycles. The molecule has 2 rings (SSSR count). The summed E-state index contributed by atoms with van der Waals surface area (Å²) in [6, 6.07) is 0. The Morgan fingerprint density at radius 3 is 2.77 bits per heavy atom. The lowest BCUT2D eigenvalue weighted by Gasteiger charge is -2.05. The van der Waals surface area contributed by atoms with Gasteiger partial charge in [-0.1, -0.05) is 6.92 Å². The smallest absolute Gasteiger partial charge is 0.147 e. The number of aromatic nitrogens is 2. The number of aryl methyl sites for hydroxylation is 1. The highest BCUT2D eigenvalue weighted by Gasteiger charge is 2.31. The predicted molar refractivity (Wildman–Crippen MR) is 52.5 cm³/mol. The van der Waals surface area contributed by atoms with Gasteiger partial charge >= 0.3 is 0 Å². The first-order chi connectivity index (χ1) is 6.27. The van der Waals surface area contributed by atoms with Gasteiger partial charge in [-0.2, -0.15) is 0 Å². The maximum absolute atomic E-state index is 4.23. The van der Waals surface area contributed by atoms with Crippen LogP contribution in [0, 0.1) is 18.8 Å². The molecule has 1 heterocycles. The Bertz CT molecular complexity index is 298. The Kier molecular flexibility index (Phi) is 2.17. The van der Waals surface area contributed by atoms with Gasteiger partial charge in [-0.05, 0) is 25.2 Å². The van der Waals surface area contributed by atoms with Crippen molar-refractivity contribution >= 4 is 5.82 Å². The lowest BCUT2D eigenvalue weighted by atomic mass is 10.3. The zero-order chi connectivity index (χ0) is 9.26. The minimum atomic E-state index is 0.849. The van der Waals surface area contributed by atoms with Gasteiger partial charge in [0.1, 0.15) is 5.82 Å². The molecule has 1 N–H and O–H groups in total. The second kappa shape index (κ2) is 3.32.